The second kappa shape index (κ2) is 14.9. The van der Waals surface area contributed by atoms with Gasteiger partial charge in [0.25, 0.3) is 5.17 Å². The molecule has 4 heteroatoms. The molecule has 156 valence electrons. The molecule has 0 aliphatic carbocycles. The molecule has 1 fully saturated rings. The van der Waals surface area contributed by atoms with E-state index in [4.69, 9.17) is 17.0 Å². The van der Waals surface area contributed by atoms with Gasteiger partial charge in [0.2, 0.25) is 0 Å². The predicted octanol–water partition coefficient (Wildman–Crippen LogP) is 6.03. The molecule has 0 aromatic heterocycles. The lowest BCUT2D eigenvalue weighted by Gasteiger charge is -2.26. The van der Waals surface area contributed by atoms with E-state index >= 15 is 0 Å². The van der Waals surface area contributed by atoms with Crippen molar-refractivity contribution in [3.8, 4) is 0 Å². The first-order valence-corrected chi connectivity index (χ1v) is 11.0. The molecule has 1 heterocycles. The Bertz CT molecular complexity index is 519. The molecule has 0 saturated carbocycles. The van der Waals surface area contributed by atoms with Crippen molar-refractivity contribution < 1.29 is 6.16 Å². The molecular weight excluding hydrogens is 352 g/mol. The van der Waals surface area contributed by atoms with E-state index in [1.54, 1.807) is 0 Å². The van der Waals surface area contributed by atoms with Gasteiger partial charge in [0.15, 0.2) is 0 Å². The summed E-state index contributed by atoms with van der Waals surface area (Å²) in [5.41, 5.74) is 4.25. The van der Waals surface area contributed by atoms with E-state index < -0.39 is 0 Å². The summed E-state index contributed by atoms with van der Waals surface area (Å²) in [5.74, 6) is 0. The van der Waals surface area contributed by atoms with Crippen LogP contribution in [0.25, 0.3) is 0 Å². The van der Waals surface area contributed by atoms with Crippen LogP contribution in [0.4, 0.5) is 0 Å². The van der Waals surface area contributed by atoms with Crippen molar-refractivity contribution in [3.63, 3.8) is 0 Å². The smallest absolute Gasteiger partial charge is 0.256 e. The van der Waals surface area contributed by atoms with E-state index in [9.17, 15) is 0 Å². The maximum absolute atomic E-state index is 5.61. The van der Waals surface area contributed by atoms with Gasteiger partial charge in [0.05, 0.1) is 0 Å². The normalized spacial score (nSPS) is 16.1. The average Bonchev–Trinajstić information content (AvgIpc) is 2.62. The zero-order chi connectivity index (χ0) is 19.9. The summed E-state index contributed by atoms with van der Waals surface area (Å²) in [5, 5.41) is 3.73. The third-order valence-electron chi connectivity index (χ3n) is 4.92. The van der Waals surface area contributed by atoms with Crippen LogP contribution in [0.2, 0.25) is 0 Å². The monoisotopic (exact) mass is 394 g/mol. The summed E-state index contributed by atoms with van der Waals surface area (Å²) < 4.78 is 5.61. The number of ether oxygens (including phenoxy) is 1. The molecule has 0 atom stereocenters. The molecule has 0 radical (unpaired) electrons. The summed E-state index contributed by atoms with van der Waals surface area (Å²) >= 11 is 5.26. The molecule has 1 rings (SSSR count). The molecule has 1 aliphatic heterocycles. The van der Waals surface area contributed by atoms with Crippen LogP contribution in [0, 0.1) is 0 Å². The highest BCUT2D eigenvalue weighted by molar-refractivity contribution is 7.80. The van der Waals surface area contributed by atoms with Gasteiger partial charge in [-0.15, -0.1) is 0 Å². The van der Waals surface area contributed by atoms with E-state index in [2.05, 4.69) is 56.1 Å². The van der Waals surface area contributed by atoms with Crippen molar-refractivity contribution in [1.82, 2.24) is 10.2 Å². The Morgan fingerprint density at radius 2 is 1.59 bits per heavy atom. The van der Waals surface area contributed by atoms with Crippen LogP contribution in [-0.4, -0.2) is 42.9 Å². The van der Waals surface area contributed by atoms with Gasteiger partial charge in [-0.1, -0.05) is 35.3 Å². The minimum absolute atomic E-state index is 0. The van der Waals surface area contributed by atoms with Crippen molar-refractivity contribution >= 4 is 17.4 Å². The highest BCUT2D eigenvalue weighted by atomic mass is 32.1. The number of likely N-dealkylation sites (tertiary alicyclic amines) is 1. The van der Waals surface area contributed by atoms with E-state index in [-0.39, 0.29) is 1.43 Å². The second-order valence-electron chi connectivity index (χ2n) is 7.89. The minimum Gasteiger partial charge on any atom is -0.467 e. The lowest BCUT2D eigenvalue weighted by Crippen LogP contribution is -2.37. The van der Waals surface area contributed by atoms with Crippen LogP contribution in [0.3, 0.4) is 0 Å². The van der Waals surface area contributed by atoms with Crippen molar-refractivity contribution in [1.29, 1.82) is 0 Å². The number of nitrogens with zero attached hydrogens (tertiary/aromatic N) is 1. The lowest BCUT2D eigenvalue weighted by atomic mass is 10.1. The topological polar surface area (TPSA) is 24.5 Å². The fraction of sp³-hybridized carbons (Fsp3) is 0.696. The summed E-state index contributed by atoms with van der Waals surface area (Å²) in [7, 11) is 0. The molecule has 0 unspecified atom stereocenters. The van der Waals surface area contributed by atoms with Crippen LogP contribution < -0.4 is 5.32 Å². The van der Waals surface area contributed by atoms with Gasteiger partial charge in [-0.25, -0.2) is 0 Å². The third kappa shape index (κ3) is 13.7. The number of nitrogens with one attached hydrogen (secondary N) is 1. The van der Waals surface area contributed by atoms with E-state index in [1.807, 2.05) is 0 Å². The van der Waals surface area contributed by atoms with Gasteiger partial charge < -0.3 is 15.0 Å². The number of piperidine rings is 1. The largest absolute Gasteiger partial charge is 0.467 e. The number of thiocarbonyl (C=S) groups is 1. The van der Waals surface area contributed by atoms with Crippen LogP contribution in [-0.2, 0) is 4.74 Å². The van der Waals surface area contributed by atoms with Crippen molar-refractivity contribution in [2.45, 2.75) is 72.6 Å². The fourth-order valence-electron chi connectivity index (χ4n) is 3.15. The summed E-state index contributed by atoms with van der Waals surface area (Å²) in [6.07, 6.45) is 15.3. The maximum Gasteiger partial charge on any atom is 0.256 e. The molecule has 1 N–H and O–H groups in total. The zero-order valence-corrected chi connectivity index (χ0v) is 18.8. The van der Waals surface area contributed by atoms with E-state index in [0.29, 0.717) is 11.8 Å². The fourth-order valence-corrected chi connectivity index (χ4v) is 3.32. The van der Waals surface area contributed by atoms with Crippen LogP contribution in [0.1, 0.15) is 74.1 Å². The van der Waals surface area contributed by atoms with Gasteiger partial charge in [-0.05, 0) is 97.6 Å². The predicted molar refractivity (Wildman–Crippen MR) is 124 cm³/mol. The molecule has 0 aromatic rings. The Balaban J connectivity index is 0.00000729. The molecule has 3 nitrogen and oxygen atoms in total. The van der Waals surface area contributed by atoms with Crippen LogP contribution >= 0.6 is 12.2 Å². The number of rotatable bonds is 11. The number of hydrogen-bond donors (Lipinski definition) is 1. The molecule has 0 bridgehead atoms. The van der Waals surface area contributed by atoms with E-state index in [0.717, 1.165) is 38.8 Å². The molecule has 0 amide bonds. The van der Waals surface area contributed by atoms with Crippen molar-refractivity contribution in [3.05, 3.63) is 34.9 Å². The van der Waals surface area contributed by atoms with Crippen molar-refractivity contribution in [2.24, 2.45) is 0 Å². The molecular formula is C23H42N2OS. The first-order valence-electron chi connectivity index (χ1n) is 10.5. The first-order chi connectivity index (χ1) is 13.0. The molecule has 27 heavy (non-hydrogen) atoms. The average molecular weight is 395 g/mol. The quantitative estimate of drug-likeness (QED) is 0.342. The Kier molecular flexibility index (Phi) is 13.2. The highest BCUT2D eigenvalue weighted by Crippen LogP contribution is 2.11. The standard InChI is InChI=1S/C23H40N2OS.H2/c1-20(2)10-8-11-21(3)12-9-13-22(4)14-19-26-23(27)24-15-18-25-16-6-5-7-17-25;/h10,12,14H,5-9,11,13,15-19H2,1-4H3,(H,24,27);1H/b21-12+,22-14+;. The number of hydrogen-bond acceptors (Lipinski definition) is 3. The maximum atomic E-state index is 5.61. The van der Waals surface area contributed by atoms with Gasteiger partial charge in [0.1, 0.15) is 6.61 Å². The Morgan fingerprint density at radius 3 is 2.26 bits per heavy atom. The Hall–Kier alpha value is -1.13. The second-order valence-corrected chi connectivity index (χ2v) is 8.26. The number of allylic oxidation sites excluding steroid dienone is 5. The van der Waals surface area contributed by atoms with Gasteiger partial charge >= 0.3 is 0 Å². The SMILES string of the molecule is CC(C)=CCC/C(C)=C/CC/C(C)=C/COC(=S)NCCN1CCCCC1.[HH]. The van der Waals surface area contributed by atoms with Crippen LogP contribution in [0.15, 0.2) is 34.9 Å². The molecule has 1 aliphatic rings. The summed E-state index contributed by atoms with van der Waals surface area (Å²) in [6, 6.07) is 0. The molecule has 0 spiro atoms. The molecule has 1 saturated heterocycles. The minimum atomic E-state index is 0. The summed E-state index contributed by atoms with van der Waals surface area (Å²) in [4.78, 5) is 2.50. The van der Waals surface area contributed by atoms with Gasteiger partial charge in [0, 0.05) is 14.5 Å². The van der Waals surface area contributed by atoms with E-state index in [1.165, 1.54) is 49.1 Å². The van der Waals surface area contributed by atoms with Gasteiger partial charge in [-0.3, -0.25) is 0 Å². The zero-order valence-electron chi connectivity index (χ0n) is 18.0. The third-order valence-corrected chi connectivity index (χ3v) is 5.18. The van der Waals surface area contributed by atoms with Gasteiger partial charge in [-0.2, -0.15) is 0 Å². The highest BCUT2D eigenvalue weighted by Gasteiger charge is 2.09. The Labute approximate surface area is 174 Å². The van der Waals surface area contributed by atoms with Crippen LogP contribution in [0.5, 0.6) is 0 Å². The van der Waals surface area contributed by atoms with Crippen molar-refractivity contribution in [2.75, 3.05) is 32.8 Å². The lowest BCUT2D eigenvalue weighted by molar-refractivity contribution is 0.230. The molecule has 0 aromatic carbocycles. The summed E-state index contributed by atoms with van der Waals surface area (Å²) in [6.45, 7) is 13.6. The Morgan fingerprint density at radius 1 is 0.963 bits per heavy atom. The first kappa shape index (κ1) is 23.9.